The van der Waals surface area contributed by atoms with Gasteiger partial charge in [0.05, 0.1) is 11.9 Å². The van der Waals surface area contributed by atoms with Gasteiger partial charge in [-0.1, -0.05) is 24.3 Å². The number of nitrogens with zero attached hydrogens (tertiary/aromatic N) is 2. The van der Waals surface area contributed by atoms with Gasteiger partial charge in [0.25, 0.3) is 0 Å². The second kappa shape index (κ2) is 4.05. The Labute approximate surface area is 99.9 Å². The summed E-state index contributed by atoms with van der Waals surface area (Å²) in [6.07, 6.45) is 5.19. The zero-order chi connectivity index (χ0) is 11.7. The molecule has 1 aliphatic carbocycles. The highest BCUT2D eigenvalue weighted by molar-refractivity contribution is 5.60. The molecule has 0 bridgehead atoms. The number of nitrogen functional groups attached to an aromatic ring is 1. The molecule has 0 atom stereocenters. The molecule has 0 aliphatic heterocycles. The summed E-state index contributed by atoms with van der Waals surface area (Å²) in [6, 6.07) is 8.91. The number of nitrogens with two attached hydrogens (primary N) is 1. The van der Waals surface area contributed by atoms with Crippen LogP contribution in [0.4, 0.5) is 11.5 Å². The van der Waals surface area contributed by atoms with Crippen molar-refractivity contribution >= 4 is 11.5 Å². The lowest BCUT2D eigenvalue weighted by Gasteiger charge is -2.13. The lowest BCUT2D eigenvalue weighted by molar-refractivity contribution is 0.768. The number of rotatable bonds is 2. The lowest BCUT2D eigenvalue weighted by atomic mass is 10.1. The maximum Gasteiger partial charge on any atom is 0.152 e. The number of hydrogen-bond acceptors (Lipinski definition) is 4. The second-order valence-corrected chi connectivity index (χ2v) is 4.34. The quantitative estimate of drug-likeness (QED) is 0.817. The number of nitrogens with one attached hydrogen (secondary N) is 1. The molecule has 0 spiro atoms. The van der Waals surface area contributed by atoms with Crippen molar-refractivity contribution in [1.82, 2.24) is 9.97 Å². The molecule has 1 aliphatic rings. The van der Waals surface area contributed by atoms with Crippen molar-refractivity contribution in [3.8, 4) is 0 Å². The smallest absolute Gasteiger partial charge is 0.152 e. The average molecular weight is 226 g/mol. The Morgan fingerprint density at radius 1 is 1.18 bits per heavy atom. The van der Waals surface area contributed by atoms with Gasteiger partial charge in [0.1, 0.15) is 6.33 Å². The molecule has 4 nitrogen and oxygen atoms in total. The van der Waals surface area contributed by atoms with E-state index in [1.165, 1.54) is 17.5 Å². The van der Waals surface area contributed by atoms with Crippen LogP contribution in [0.15, 0.2) is 36.8 Å². The first-order chi connectivity index (χ1) is 8.33. The van der Waals surface area contributed by atoms with Gasteiger partial charge in [-0.15, -0.1) is 0 Å². The van der Waals surface area contributed by atoms with Crippen LogP contribution >= 0.6 is 0 Å². The molecule has 4 heteroatoms. The molecular weight excluding hydrogens is 212 g/mol. The Hall–Kier alpha value is -2.10. The first-order valence-electron chi connectivity index (χ1n) is 5.72. The molecule has 0 saturated carbocycles. The van der Waals surface area contributed by atoms with Gasteiger partial charge in [-0.3, -0.25) is 0 Å². The van der Waals surface area contributed by atoms with Crippen molar-refractivity contribution in [1.29, 1.82) is 0 Å². The SMILES string of the molecule is Nc1cncnc1NC1Cc2ccccc2C1. The van der Waals surface area contributed by atoms with Gasteiger partial charge in [-0.25, -0.2) is 9.97 Å². The zero-order valence-electron chi connectivity index (χ0n) is 9.43. The van der Waals surface area contributed by atoms with E-state index >= 15 is 0 Å². The molecule has 1 aromatic heterocycles. The third-order valence-electron chi connectivity index (χ3n) is 3.13. The van der Waals surface area contributed by atoms with Crippen LogP contribution in [0.3, 0.4) is 0 Å². The van der Waals surface area contributed by atoms with Crippen molar-refractivity contribution in [3.63, 3.8) is 0 Å². The molecule has 1 aromatic carbocycles. The fourth-order valence-corrected chi connectivity index (χ4v) is 2.32. The molecule has 0 saturated heterocycles. The number of fused-ring (bicyclic) bond motifs is 1. The normalized spacial score (nSPS) is 14.6. The molecule has 2 aromatic rings. The highest BCUT2D eigenvalue weighted by Crippen LogP contribution is 2.25. The fourth-order valence-electron chi connectivity index (χ4n) is 2.32. The molecule has 0 unspecified atom stereocenters. The Morgan fingerprint density at radius 3 is 2.53 bits per heavy atom. The van der Waals surface area contributed by atoms with E-state index in [1.54, 1.807) is 6.20 Å². The number of benzene rings is 1. The highest BCUT2D eigenvalue weighted by atomic mass is 15.1. The molecule has 17 heavy (non-hydrogen) atoms. The van der Waals surface area contributed by atoms with Crippen LogP contribution in [-0.2, 0) is 12.8 Å². The van der Waals surface area contributed by atoms with Crippen molar-refractivity contribution < 1.29 is 0 Å². The Balaban J connectivity index is 1.76. The monoisotopic (exact) mass is 226 g/mol. The summed E-state index contributed by atoms with van der Waals surface area (Å²) >= 11 is 0. The van der Waals surface area contributed by atoms with Crippen LogP contribution in [0.25, 0.3) is 0 Å². The van der Waals surface area contributed by atoms with E-state index in [0.717, 1.165) is 18.7 Å². The molecule has 86 valence electrons. The summed E-state index contributed by atoms with van der Waals surface area (Å²) in [6.45, 7) is 0. The van der Waals surface area contributed by atoms with Gasteiger partial charge in [0, 0.05) is 6.04 Å². The van der Waals surface area contributed by atoms with Crippen molar-refractivity contribution in [2.75, 3.05) is 11.1 Å². The number of hydrogen-bond donors (Lipinski definition) is 2. The third-order valence-corrected chi connectivity index (χ3v) is 3.13. The summed E-state index contributed by atoms with van der Waals surface area (Å²) in [5, 5.41) is 3.38. The summed E-state index contributed by atoms with van der Waals surface area (Å²) in [5.74, 6) is 0.734. The van der Waals surface area contributed by atoms with E-state index in [4.69, 9.17) is 5.73 Å². The maximum absolute atomic E-state index is 5.82. The minimum absolute atomic E-state index is 0.379. The summed E-state index contributed by atoms with van der Waals surface area (Å²) in [5.41, 5.74) is 9.25. The molecule has 1 heterocycles. The van der Waals surface area contributed by atoms with E-state index in [9.17, 15) is 0 Å². The van der Waals surface area contributed by atoms with Gasteiger partial charge in [0.15, 0.2) is 5.82 Å². The Kier molecular flexibility index (Phi) is 2.40. The fraction of sp³-hybridized carbons (Fsp3) is 0.231. The van der Waals surface area contributed by atoms with Crippen LogP contribution in [0.2, 0.25) is 0 Å². The van der Waals surface area contributed by atoms with Gasteiger partial charge in [-0.2, -0.15) is 0 Å². The van der Waals surface area contributed by atoms with Crippen molar-refractivity contribution in [2.24, 2.45) is 0 Å². The average Bonchev–Trinajstić information content (AvgIpc) is 2.74. The second-order valence-electron chi connectivity index (χ2n) is 4.34. The van der Waals surface area contributed by atoms with Crippen LogP contribution in [-0.4, -0.2) is 16.0 Å². The lowest BCUT2D eigenvalue weighted by Crippen LogP contribution is -2.21. The predicted molar refractivity (Wildman–Crippen MR) is 67.7 cm³/mol. The third kappa shape index (κ3) is 1.93. The molecule has 3 rings (SSSR count). The molecular formula is C13H14N4. The zero-order valence-corrected chi connectivity index (χ0v) is 9.43. The van der Waals surface area contributed by atoms with Gasteiger partial charge < -0.3 is 11.1 Å². The first kappa shape index (κ1) is 10.1. The van der Waals surface area contributed by atoms with Crippen LogP contribution < -0.4 is 11.1 Å². The number of aromatic nitrogens is 2. The van der Waals surface area contributed by atoms with Gasteiger partial charge >= 0.3 is 0 Å². The van der Waals surface area contributed by atoms with E-state index in [1.807, 2.05) is 0 Å². The van der Waals surface area contributed by atoms with E-state index in [0.29, 0.717) is 11.7 Å². The molecule has 0 amide bonds. The van der Waals surface area contributed by atoms with Crippen LogP contribution in [0.1, 0.15) is 11.1 Å². The first-order valence-corrected chi connectivity index (χ1v) is 5.72. The van der Waals surface area contributed by atoms with Crippen LogP contribution in [0.5, 0.6) is 0 Å². The predicted octanol–water partition coefficient (Wildman–Crippen LogP) is 1.64. The van der Waals surface area contributed by atoms with Gasteiger partial charge in [0.2, 0.25) is 0 Å². The number of anilines is 2. The van der Waals surface area contributed by atoms with Crippen molar-refractivity contribution in [3.05, 3.63) is 47.9 Å². The summed E-state index contributed by atoms with van der Waals surface area (Å²) < 4.78 is 0. The summed E-state index contributed by atoms with van der Waals surface area (Å²) in [4.78, 5) is 8.04. The molecule has 0 radical (unpaired) electrons. The van der Waals surface area contributed by atoms with E-state index in [-0.39, 0.29) is 0 Å². The van der Waals surface area contributed by atoms with E-state index in [2.05, 4.69) is 39.6 Å². The largest absolute Gasteiger partial charge is 0.394 e. The maximum atomic E-state index is 5.82. The van der Waals surface area contributed by atoms with E-state index < -0.39 is 0 Å². The highest BCUT2D eigenvalue weighted by Gasteiger charge is 2.21. The molecule has 0 fully saturated rings. The van der Waals surface area contributed by atoms with Gasteiger partial charge in [-0.05, 0) is 24.0 Å². The Morgan fingerprint density at radius 2 is 1.88 bits per heavy atom. The topological polar surface area (TPSA) is 63.8 Å². The standard InChI is InChI=1S/C13H14N4/c14-12-7-15-8-16-13(12)17-11-5-9-3-1-2-4-10(9)6-11/h1-4,7-8,11H,5-6,14H2,(H,15,16,17). The molecule has 3 N–H and O–H groups in total. The van der Waals surface area contributed by atoms with Crippen molar-refractivity contribution in [2.45, 2.75) is 18.9 Å². The summed E-state index contributed by atoms with van der Waals surface area (Å²) in [7, 11) is 0. The minimum atomic E-state index is 0.379. The van der Waals surface area contributed by atoms with Crippen LogP contribution in [0, 0.1) is 0 Å². The Bertz CT molecular complexity index is 513. The minimum Gasteiger partial charge on any atom is -0.394 e.